The van der Waals surface area contributed by atoms with Crippen LogP contribution in [0.1, 0.15) is 38.2 Å². The molecular weight excluding hydrogens is 296 g/mol. The smallest absolute Gasteiger partial charge is 0.119 e. The van der Waals surface area contributed by atoms with Crippen LogP contribution < -0.4 is 15.4 Å². The summed E-state index contributed by atoms with van der Waals surface area (Å²) in [5, 5.41) is 6.86. The zero-order valence-electron chi connectivity index (χ0n) is 14.8. The second-order valence-electron chi connectivity index (χ2n) is 6.02. The van der Waals surface area contributed by atoms with E-state index in [4.69, 9.17) is 4.74 Å². The summed E-state index contributed by atoms with van der Waals surface area (Å²) in [6, 6.07) is 18.7. The number of hydrogen-bond acceptors (Lipinski definition) is 3. The van der Waals surface area contributed by atoms with Crippen molar-refractivity contribution in [2.45, 2.75) is 39.2 Å². The predicted molar refractivity (Wildman–Crippen MR) is 103 cm³/mol. The van der Waals surface area contributed by atoms with Crippen molar-refractivity contribution in [1.29, 1.82) is 0 Å². The fraction of sp³-hybridized carbons (Fsp3) is 0.429. The second kappa shape index (κ2) is 11.5. The monoisotopic (exact) mass is 326 g/mol. The number of nitrogens with one attached hydrogen (secondary N) is 2. The van der Waals surface area contributed by atoms with Crippen molar-refractivity contribution in [2.75, 3.05) is 25.0 Å². The molecule has 0 heterocycles. The first-order valence-electron chi connectivity index (χ1n) is 9.10. The Morgan fingerprint density at radius 2 is 1.62 bits per heavy atom. The first-order chi connectivity index (χ1) is 11.9. The van der Waals surface area contributed by atoms with E-state index in [0.29, 0.717) is 0 Å². The zero-order valence-corrected chi connectivity index (χ0v) is 14.8. The Kier molecular flexibility index (Phi) is 8.81. The molecule has 0 aliphatic heterocycles. The van der Waals surface area contributed by atoms with E-state index in [1.54, 1.807) is 0 Å². The van der Waals surface area contributed by atoms with Crippen LogP contribution in [0.2, 0.25) is 0 Å². The molecule has 24 heavy (non-hydrogen) atoms. The molecule has 0 fully saturated rings. The van der Waals surface area contributed by atoms with Crippen LogP contribution in [0, 0.1) is 0 Å². The molecule has 0 aliphatic carbocycles. The van der Waals surface area contributed by atoms with Gasteiger partial charge in [-0.3, -0.25) is 0 Å². The van der Waals surface area contributed by atoms with Gasteiger partial charge in [0.25, 0.3) is 0 Å². The third-order valence-corrected chi connectivity index (χ3v) is 3.92. The Balaban J connectivity index is 1.56. The molecule has 3 nitrogen and oxygen atoms in total. The molecule has 0 atom stereocenters. The topological polar surface area (TPSA) is 33.3 Å². The molecule has 0 aromatic heterocycles. The first-order valence-corrected chi connectivity index (χ1v) is 9.10. The predicted octanol–water partition coefficient (Wildman–Crippen LogP) is 4.85. The van der Waals surface area contributed by atoms with E-state index >= 15 is 0 Å². The summed E-state index contributed by atoms with van der Waals surface area (Å²) in [5.74, 6) is 0.958. The van der Waals surface area contributed by atoms with Crippen LogP contribution >= 0.6 is 0 Å². The van der Waals surface area contributed by atoms with Crippen molar-refractivity contribution >= 4 is 5.69 Å². The third kappa shape index (κ3) is 7.51. The number of hydrogen-bond donors (Lipinski definition) is 2. The van der Waals surface area contributed by atoms with Gasteiger partial charge in [0, 0.05) is 25.3 Å². The molecular formula is C21H30N2O. The number of anilines is 1. The number of rotatable bonds is 12. The summed E-state index contributed by atoms with van der Waals surface area (Å²) >= 11 is 0. The average molecular weight is 326 g/mol. The average Bonchev–Trinajstić information content (AvgIpc) is 2.63. The van der Waals surface area contributed by atoms with Crippen LogP contribution in [0.15, 0.2) is 54.6 Å². The Bertz CT molecular complexity index is 540. The van der Waals surface area contributed by atoms with Gasteiger partial charge in [0.15, 0.2) is 0 Å². The van der Waals surface area contributed by atoms with Gasteiger partial charge in [0.05, 0.1) is 6.61 Å². The molecule has 0 unspecified atom stereocenters. The van der Waals surface area contributed by atoms with Crippen molar-refractivity contribution < 1.29 is 4.74 Å². The summed E-state index contributed by atoms with van der Waals surface area (Å²) in [4.78, 5) is 0. The summed E-state index contributed by atoms with van der Waals surface area (Å²) < 4.78 is 5.76. The number of ether oxygens (including phenoxy) is 1. The Hall–Kier alpha value is -2.00. The Morgan fingerprint density at radius 1 is 0.833 bits per heavy atom. The maximum Gasteiger partial charge on any atom is 0.119 e. The van der Waals surface area contributed by atoms with Gasteiger partial charge < -0.3 is 15.4 Å². The lowest BCUT2D eigenvalue weighted by atomic mass is 10.2. The van der Waals surface area contributed by atoms with Crippen LogP contribution in [0.4, 0.5) is 5.69 Å². The van der Waals surface area contributed by atoms with Crippen molar-refractivity contribution in [2.24, 2.45) is 0 Å². The van der Waals surface area contributed by atoms with Crippen LogP contribution in [-0.4, -0.2) is 19.7 Å². The summed E-state index contributed by atoms with van der Waals surface area (Å²) in [6.07, 6.45) is 4.96. The van der Waals surface area contributed by atoms with Crippen molar-refractivity contribution in [3.8, 4) is 5.75 Å². The normalized spacial score (nSPS) is 10.5. The largest absolute Gasteiger partial charge is 0.494 e. The van der Waals surface area contributed by atoms with E-state index in [-0.39, 0.29) is 0 Å². The quantitative estimate of drug-likeness (QED) is 0.547. The highest BCUT2D eigenvalue weighted by molar-refractivity contribution is 5.46. The van der Waals surface area contributed by atoms with Gasteiger partial charge >= 0.3 is 0 Å². The minimum atomic E-state index is 0.816. The van der Waals surface area contributed by atoms with Crippen LogP contribution in [0.25, 0.3) is 0 Å². The van der Waals surface area contributed by atoms with Gasteiger partial charge in [-0.1, -0.05) is 56.5 Å². The molecule has 0 saturated carbocycles. The van der Waals surface area contributed by atoms with E-state index in [2.05, 4.69) is 54.0 Å². The maximum atomic E-state index is 5.76. The van der Waals surface area contributed by atoms with E-state index in [9.17, 15) is 0 Å². The summed E-state index contributed by atoms with van der Waals surface area (Å²) in [7, 11) is 0. The molecule has 0 radical (unpaired) electrons. The molecule has 130 valence electrons. The van der Waals surface area contributed by atoms with Gasteiger partial charge in [-0.05, 0) is 36.2 Å². The SMILES string of the molecule is CCCCCCOc1ccc(NCCNCc2ccccc2)cc1. The van der Waals surface area contributed by atoms with E-state index < -0.39 is 0 Å². The highest BCUT2D eigenvalue weighted by atomic mass is 16.5. The summed E-state index contributed by atoms with van der Waals surface area (Å²) in [6.45, 7) is 5.79. The van der Waals surface area contributed by atoms with Gasteiger partial charge in [-0.15, -0.1) is 0 Å². The fourth-order valence-electron chi connectivity index (χ4n) is 2.51. The van der Waals surface area contributed by atoms with E-state index in [1.165, 1.54) is 24.8 Å². The lowest BCUT2D eigenvalue weighted by molar-refractivity contribution is 0.305. The molecule has 2 N–H and O–H groups in total. The van der Waals surface area contributed by atoms with Gasteiger partial charge in [-0.2, -0.15) is 0 Å². The molecule has 0 aliphatic rings. The van der Waals surface area contributed by atoms with E-state index in [0.717, 1.165) is 44.1 Å². The third-order valence-electron chi connectivity index (χ3n) is 3.92. The number of unbranched alkanes of at least 4 members (excludes halogenated alkanes) is 3. The van der Waals surface area contributed by atoms with E-state index in [1.807, 2.05) is 18.2 Å². The Labute approximate surface area is 146 Å². The molecule has 0 bridgehead atoms. The molecule has 0 saturated heterocycles. The van der Waals surface area contributed by atoms with Crippen LogP contribution in [0.3, 0.4) is 0 Å². The standard InChI is InChI=1S/C21H30N2O/c1-2-3-4-8-17-24-21-13-11-20(12-14-21)23-16-15-22-18-19-9-6-5-7-10-19/h5-7,9-14,22-23H,2-4,8,15-18H2,1H3. The molecule has 2 aromatic carbocycles. The summed E-state index contributed by atoms with van der Waals surface area (Å²) in [5.41, 5.74) is 2.45. The fourth-order valence-corrected chi connectivity index (χ4v) is 2.51. The number of benzene rings is 2. The van der Waals surface area contributed by atoms with Crippen LogP contribution in [0.5, 0.6) is 5.75 Å². The maximum absolute atomic E-state index is 5.76. The molecule has 2 rings (SSSR count). The minimum absolute atomic E-state index is 0.816. The lowest BCUT2D eigenvalue weighted by Crippen LogP contribution is -2.21. The highest BCUT2D eigenvalue weighted by Gasteiger charge is 1.96. The minimum Gasteiger partial charge on any atom is -0.494 e. The van der Waals surface area contributed by atoms with Crippen molar-refractivity contribution in [1.82, 2.24) is 5.32 Å². The molecule has 3 heteroatoms. The van der Waals surface area contributed by atoms with Gasteiger partial charge in [-0.25, -0.2) is 0 Å². The van der Waals surface area contributed by atoms with Crippen molar-refractivity contribution in [3.05, 3.63) is 60.2 Å². The molecule has 2 aromatic rings. The molecule has 0 spiro atoms. The Morgan fingerprint density at radius 3 is 2.38 bits per heavy atom. The first kappa shape index (κ1) is 18.3. The molecule has 0 amide bonds. The second-order valence-corrected chi connectivity index (χ2v) is 6.02. The van der Waals surface area contributed by atoms with Gasteiger partial charge in [0.2, 0.25) is 0 Å². The highest BCUT2D eigenvalue weighted by Crippen LogP contribution is 2.16. The van der Waals surface area contributed by atoms with Crippen LogP contribution in [-0.2, 0) is 6.54 Å². The van der Waals surface area contributed by atoms with Crippen molar-refractivity contribution in [3.63, 3.8) is 0 Å². The van der Waals surface area contributed by atoms with Gasteiger partial charge in [0.1, 0.15) is 5.75 Å². The lowest BCUT2D eigenvalue weighted by Gasteiger charge is -2.10. The zero-order chi connectivity index (χ0) is 16.9.